The highest BCUT2D eigenvalue weighted by atomic mass is 35.5. The Morgan fingerprint density at radius 1 is 1.07 bits per heavy atom. The van der Waals surface area contributed by atoms with E-state index in [1.165, 1.54) is 36.4 Å². The third-order valence-corrected chi connectivity index (χ3v) is 5.23. The van der Waals surface area contributed by atoms with Crippen molar-refractivity contribution < 1.29 is 23.5 Å². The first-order valence-corrected chi connectivity index (χ1v) is 9.60. The van der Waals surface area contributed by atoms with Crippen molar-refractivity contribution in [3.63, 3.8) is 0 Å². The smallest absolute Gasteiger partial charge is 0.346 e. The van der Waals surface area contributed by atoms with E-state index in [0.717, 1.165) is 0 Å². The molecule has 1 heterocycles. The van der Waals surface area contributed by atoms with Gasteiger partial charge >= 0.3 is 5.97 Å². The van der Waals surface area contributed by atoms with E-state index in [1.807, 2.05) is 0 Å². The van der Waals surface area contributed by atoms with E-state index >= 15 is 0 Å². The number of Topliss-reactive ketones (excluding diaryl/α,β-unsaturated/α-hetero) is 1. The number of halogens is 3. The van der Waals surface area contributed by atoms with Crippen LogP contribution in [0, 0.1) is 12.7 Å². The second-order valence-electron chi connectivity index (χ2n) is 6.60. The van der Waals surface area contributed by atoms with Gasteiger partial charge in [0.2, 0.25) is 5.78 Å². The molecule has 0 aromatic heterocycles. The molecular formula is C23H13Cl2FO4. The average Bonchev–Trinajstić information content (AvgIpc) is 3.00. The number of hydrogen-bond donors (Lipinski definition) is 0. The fraction of sp³-hybridized carbons (Fsp3) is 0.0435. The van der Waals surface area contributed by atoms with E-state index in [9.17, 15) is 14.0 Å². The second kappa shape index (κ2) is 7.94. The van der Waals surface area contributed by atoms with E-state index in [-0.39, 0.29) is 28.6 Å². The number of rotatable bonds is 3. The first kappa shape index (κ1) is 20.1. The molecule has 0 radical (unpaired) electrons. The second-order valence-corrected chi connectivity index (χ2v) is 7.41. The summed E-state index contributed by atoms with van der Waals surface area (Å²) in [5.41, 5.74) is 1.38. The van der Waals surface area contributed by atoms with E-state index in [2.05, 4.69) is 0 Å². The fourth-order valence-corrected chi connectivity index (χ4v) is 3.39. The molecule has 7 heteroatoms. The Balaban J connectivity index is 1.62. The molecule has 150 valence electrons. The summed E-state index contributed by atoms with van der Waals surface area (Å²) in [5, 5.41) is 0.755. The van der Waals surface area contributed by atoms with Gasteiger partial charge in [-0.2, -0.15) is 0 Å². The first-order chi connectivity index (χ1) is 14.3. The number of esters is 1. The van der Waals surface area contributed by atoms with Crippen molar-refractivity contribution in [1.82, 2.24) is 0 Å². The van der Waals surface area contributed by atoms with Gasteiger partial charge in [0, 0.05) is 6.07 Å². The van der Waals surface area contributed by atoms with Crippen LogP contribution in [-0.2, 0) is 0 Å². The maximum atomic E-state index is 13.8. The summed E-state index contributed by atoms with van der Waals surface area (Å²) in [6.07, 6.45) is 1.55. The molecule has 0 amide bonds. The van der Waals surface area contributed by atoms with Crippen LogP contribution in [0.15, 0.2) is 60.4 Å². The van der Waals surface area contributed by atoms with E-state index < -0.39 is 11.8 Å². The van der Waals surface area contributed by atoms with Crippen LogP contribution >= 0.6 is 23.2 Å². The number of benzene rings is 3. The summed E-state index contributed by atoms with van der Waals surface area (Å²) in [6.45, 7) is 1.70. The molecular weight excluding hydrogens is 430 g/mol. The third kappa shape index (κ3) is 3.82. The van der Waals surface area contributed by atoms with Crippen LogP contribution in [0.4, 0.5) is 4.39 Å². The molecule has 1 aliphatic rings. The standard InChI is InChI=1S/C23H13Cl2FO4/c1-12-8-14(29-23(28)15-4-2-3-5-18(15)26)11-19-21(12)22(27)20(30-19)10-13-6-7-16(24)17(25)9-13/h2-11H,1H3/b20-10-. The molecule has 0 saturated carbocycles. The number of aryl methyl sites for hydroxylation is 1. The summed E-state index contributed by atoms with van der Waals surface area (Å²) < 4.78 is 24.8. The fourth-order valence-electron chi connectivity index (χ4n) is 3.08. The molecule has 0 aliphatic carbocycles. The maximum absolute atomic E-state index is 13.8. The minimum Gasteiger partial charge on any atom is -0.452 e. The zero-order valence-electron chi connectivity index (χ0n) is 15.5. The van der Waals surface area contributed by atoms with Gasteiger partial charge in [0.1, 0.15) is 17.3 Å². The SMILES string of the molecule is Cc1cc(OC(=O)c2ccccc2F)cc2c1C(=O)/C(=C/c1ccc(Cl)c(Cl)c1)O2. The average molecular weight is 443 g/mol. The monoisotopic (exact) mass is 442 g/mol. The number of allylic oxidation sites excluding steroid dienone is 1. The molecule has 1 aliphatic heterocycles. The Hall–Kier alpha value is -3.15. The largest absolute Gasteiger partial charge is 0.452 e. The Kier molecular flexibility index (Phi) is 5.33. The highest BCUT2D eigenvalue weighted by Crippen LogP contribution is 2.38. The van der Waals surface area contributed by atoms with Crippen LogP contribution < -0.4 is 9.47 Å². The Morgan fingerprint density at radius 2 is 1.83 bits per heavy atom. The number of ether oxygens (including phenoxy) is 2. The molecule has 30 heavy (non-hydrogen) atoms. The molecule has 0 fully saturated rings. The summed E-state index contributed by atoms with van der Waals surface area (Å²) in [4.78, 5) is 25.0. The molecule has 0 atom stereocenters. The molecule has 4 rings (SSSR count). The van der Waals surface area contributed by atoms with Gasteiger partial charge in [-0.15, -0.1) is 0 Å². The summed E-state index contributed by atoms with van der Waals surface area (Å²) in [5.74, 6) is -1.34. The van der Waals surface area contributed by atoms with Crippen LogP contribution in [0.1, 0.15) is 31.8 Å². The highest BCUT2D eigenvalue weighted by molar-refractivity contribution is 6.42. The van der Waals surface area contributed by atoms with E-state index in [0.29, 0.717) is 26.7 Å². The van der Waals surface area contributed by atoms with Crippen molar-refractivity contribution >= 4 is 41.0 Å². The molecule has 0 bridgehead atoms. The third-order valence-electron chi connectivity index (χ3n) is 4.49. The zero-order chi connectivity index (χ0) is 21.4. The molecule has 0 unspecified atom stereocenters. The van der Waals surface area contributed by atoms with Crippen molar-refractivity contribution in [3.8, 4) is 11.5 Å². The maximum Gasteiger partial charge on any atom is 0.346 e. The van der Waals surface area contributed by atoms with Gasteiger partial charge in [-0.05, 0) is 54.5 Å². The van der Waals surface area contributed by atoms with E-state index in [1.54, 1.807) is 31.2 Å². The first-order valence-electron chi connectivity index (χ1n) is 8.84. The van der Waals surface area contributed by atoms with Crippen LogP contribution in [0.25, 0.3) is 6.08 Å². The predicted molar refractivity (Wildman–Crippen MR) is 112 cm³/mol. The number of carbonyl (C=O) groups is 2. The normalized spacial score (nSPS) is 13.9. The number of carbonyl (C=O) groups excluding carboxylic acids is 2. The number of ketones is 1. The molecule has 0 spiro atoms. The summed E-state index contributed by atoms with van der Waals surface area (Å²) in [7, 11) is 0. The van der Waals surface area contributed by atoms with Gasteiger partial charge in [-0.3, -0.25) is 4.79 Å². The Labute approximate surface area is 181 Å². The lowest BCUT2D eigenvalue weighted by atomic mass is 10.0. The lowest BCUT2D eigenvalue weighted by Crippen LogP contribution is -2.10. The van der Waals surface area contributed by atoms with Gasteiger partial charge in [-0.1, -0.05) is 41.4 Å². The van der Waals surface area contributed by atoms with Gasteiger partial charge in [-0.25, -0.2) is 9.18 Å². The highest BCUT2D eigenvalue weighted by Gasteiger charge is 2.30. The molecule has 0 saturated heterocycles. The summed E-state index contributed by atoms with van der Waals surface area (Å²) >= 11 is 11.9. The molecule has 4 nitrogen and oxygen atoms in total. The van der Waals surface area contributed by atoms with Crippen LogP contribution in [0.5, 0.6) is 11.5 Å². The van der Waals surface area contributed by atoms with Crippen LogP contribution in [0.3, 0.4) is 0 Å². The van der Waals surface area contributed by atoms with Gasteiger partial charge in [0.15, 0.2) is 5.76 Å². The lowest BCUT2D eigenvalue weighted by molar-refractivity contribution is 0.0729. The Morgan fingerprint density at radius 3 is 2.57 bits per heavy atom. The lowest BCUT2D eigenvalue weighted by Gasteiger charge is -2.08. The van der Waals surface area contributed by atoms with Gasteiger partial charge < -0.3 is 9.47 Å². The topological polar surface area (TPSA) is 52.6 Å². The van der Waals surface area contributed by atoms with E-state index in [4.69, 9.17) is 32.7 Å². The molecule has 0 N–H and O–H groups in total. The van der Waals surface area contributed by atoms with Gasteiger partial charge in [0.05, 0.1) is 21.2 Å². The Bertz CT molecular complexity index is 1230. The molecule has 3 aromatic carbocycles. The minimum atomic E-state index is -0.844. The summed E-state index contributed by atoms with van der Waals surface area (Å²) in [6, 6.07) is 13.4. The van der Waals surface area contributed by atoms with Crippen molar-refractivity contribution in [2.75, 3.05) is 0 Å². The quantitative estimate of drug-likeness (QED) is 0.272. The van der Waals surface area contributed by atoms with Crippen molar-refractivity contribution in [1.29, 1.82) is 0 Å². The molecule has 3 aromatic rings. The van der Waals surface area contributed by atoms with Crippen molar-refractivity contribution in [2.24, 2.45) is 0 Å². The minimum absolute atomic E-state index is 0.101. The van der Waals surface area contributed by atoms with Crippen molar-refractivity contribution in [3.05, 3.63) is 98.5 Å². The number of hydrogen-bond acceptors (Lipinski definition) is 4. The van der Waals surface area contributed by atoms with Crippen LogP contribution in [-0.4, -0.2) is 11.8 Å². The zero-order valence-corrected chi connectivity index (χ0v) is 17.1. The predicted octanol–water partition coefficient (Wildman–Crippen LogP) is 6.28. The van der Waals surface area contributed by atoms with Crippen molar-refractivity contribution in [2.45, 2.75) is 6.92 Å². The number of fused-ring (bicyclic) bond motifs is 1. The van der Waals surface area contributed by atoms with Gasteiger partial charge in [0.25, 0.3) is 0 Å². The van der Waals surface area contributed by atoms with Crippen LogP contribution in [0.2, 0.25) is 10.0 Å².